The van der Waals surface area contributed by atoms with E-state index in [2.05, 4.69) is 6.92 Å². The van der Waals surface area contributed by atoms with Crippen LogP contribution < -0.4 is 4.74 Å². The summed E-state index contributed by atoms with van der Waals surface area (Å²) in [5, 5.41) is 0. The Balaban J connectivity index is 1.86. The maximum atomic E-state index is 12.5. The van der Waals surface area contributed by atoms with Gasteiger partial charge in [0.1, 0.15) is 11.4 Å². The van der Waals surface area contributed by atoms with Crippen molar-refractivity contribution in [2.45, 2.75) is 90.7 Å². The monoisotopic (exact) mass is 439 g/mol. The van der Waals surface area contributed by atoms with Crippen LogP contribution in [0.1, 0.15) is 78.7 Å². The summed E-state index contributed by atoms with van der Waals surface area (Å²) >= 11 is -1.82. The first-order valence-corrected chi connectivity index (χ1v) is 12.0. The summed E-state index contributed by atoms with van der Waals surface area (Å²) in [6.45, 7) is 10.4. The van der Waals surface area contributed by atoms with E-state index in [1.54, 1.807) is 20.8 Å². The van der Waals surface area contributed by atoms with Gasteiger partial charge >= 0.3 is 6.09 Å². The molecule has 2 rings (SSSR count). The summed E-state index contributed by atoms with van der Waals surface area (Å²) in [6.07, 6.45) is 6.84. The Morgan fingerprint density at radius 3 is 2.47 bits per heavy atom. The minimum Gasteiger partial charge on any atom is -0.494 e. The number of aryl methyl sites for hydroxylation is 1. The minimum atomic E-state index is -1.82. The Morgan fingerprint density at radius 1 is 1.17 bits per heavy atom. The number of hydrogen-bond acceptors (Lipinski definition) is 5. The molecule has 2 atom stereocenters. The first-order chi connectivity index (χ1) is 14.1. The van der Waals surface area contributed by atoms with E-state index in [1.165, 1.54) is 30.0 Å². The first kappa shape index (κ1) is 24.7. The lowest BCUT2D eigenvalue weighted by Gasteiger charge is -2.32. The van der Waals surface area contributed by atoms with Gasteiger partial charge in [0.25, 0.3) is 11.3 Å². The van der Waals surface area contributed by atoms with Crippen molar-refractivity contribution < 1.29 is 22.7 Å². The van der Waals surface area contributed by atoms with Gasteiger partial charge in [-0.3, -0.25) is 4.18 Å². The summed E-state index contributed by atoms with van der Waals surface area (Å²) in [5.74, 6) is 0.876. The summed E-state index contributed by atoms with van der Waals surface area (Å²) in [6, 6.07) is 8.05. The van der Waals surface area contributed by atoms with E-state index < -0.39 is 28.5 Å². The van der Waals surface area contributed by atoms with E-state index in [-0.39, 0.29) is 6.61 Å². The molecule has 7 heteroatoms. The van der Waals surface area contributed by atoms with Crippen LogP contribution in [0.15, 0.2) is 24.3 Å². The first-order valence-electron chi connectivity index (χ1n) is 10.9. The molecule has 0 spiro atoms. The molecule has 1 fully saturated rings. The number of hydrogen-bond donors (Lipinski definition) is 0. The van der Waals surface area contributed by atoms with E-state index in [0.717, 1.165) is 30.8 Å². The van der Waals surface area contributed by atoms with E-state index in [4.69, 9.17) is 13.7 Å². The number of unbranched alkanes of at least 4 members (excludes halogenated alkanes) is 4. The summed E-state index contributed by atoms with van der Waals surface area (Å²) in [4.78, 5) is 12.5. The largest absolute Gasteiger partial charge is 0.494 e. The molecule has 170 valence electrons. The standard InChI is InChI=1S/C23H37NO5S/c1-6-7-8-9-10-17-27-20-13-11-19(12-14-20)15-16-23(5)18-28-30(26)24(23)21(25)29-22(2,3)4/h11-14H,6-10,15-18H2,1-5H3. The van der Waals surface area contributed by atoms with Crippen LogP contribution in [0.5, 0.6) is 5.75 Å². The van der Waals surface area contributed by atoms with Crippen molar-refractivity contribution in [2.75, 3.05) is 13.2 Å². The van der Waals surface area contributed by atoms with Crippen LogP contribution in [0.4, 0.5) is 4.79 Å². The fourth-order valence-corrected chi connectivity index (χ4v) is 4.41. The lowest BCUT2D eigenvalue weighted by molar-refractivity contribution is 0.0267. The van der Waals surface area contributed by atoms with Crippen LogP contribution in [0.25, 0.3) is 0 Å². The van der Waals surface area contributed by atoms with Gasteiger partial charge in [-0.15, -0.1) is 0 Å². The van der Waals surface area contributed by atoms with E-state index in [1.807, 2.05) is 31.2 Å². The fraction of sp³-hybridized carbons (Fsp3) is 0.696. The smallest absolute Gasteiger partial charge is 0.424 e. The normalized spacial score (nSPS) is 21.6. The van der Waals surface area contributed by atoms with Crippen molar-refractivity contribution in [1.82, 2.24) is 4.31 Å². The van der Waals surface area contributed by atoms with Gasteiger partial charge < -0.3 is 9.47 Å². The molecule has 1 saturated heterocycles. The highest BCUT2D eigenvalue weighted by molar-refractivity contribution is 7.78. The Kier molecular flexibility index (Phi) is 9.16. The molecular formula is C23H37NO5S. The zero-order valence-corrected chi connectivity index (χ0v) is 19.9. The molecule has 1 aromatic rings. The molecule has 0 saturated carbocycles. The number of carbonyl (C=O) groups is 1. The Hall–Kier alpha value is -1.60. The molecule has 2 unspecified atom stereocenters. The molecule has 1 aliphatic rings. The fourth-order valence-electron chi connectivity index (χ4n) is 3.29. The lowest BCUT2D eigenvalue weighted by atomic mass is 9.94. The van der Waals surface area contributed by atoms with Gasteiger partial charge in [-0.25, -0.2) is 9.00 Å². The second-order valence-corrected chi connectivity index (χ2v) is 10.2. The predicted octanol–water partition coefficient (Wildman–Crippen LogP) is 5.57. The highest BCUT2D eigenvalue weighted by atomic mass is 32.2. The number of benzene rings is 1. The number of amides is 1. The van der Waals surface area contributed by atoms with Gasteiger partial charge in [0.05, 0.1) is 18.8 Å². The van der Waals surface area contributed by atoms with Crippen LogP contribution in [0.3, 0.4) is 0 Å². The molecule has 30 heavy (non-hydrogen) atoms. The van der Waals surface area contributed by atoms with Gasteiger partial charge in [-0.1, -0.05) is 44.7 Å². The number of carbonyl (C=O) groups excluding carboxylic acids is 1. The van der Waals surface area contributed by atoms with Gasteiger partial charge in [0, 0.05) is 0 Å². The summed E-state index contributed by atoms with van der Waals surface area (Å²) < 4.78 is 30.0. The SMILES string of the molecule is CCCCCCCOc1ccc(CCC2(C)COS(=O)N2C(=O)OC(C)(C)C)cc1. The van der Waals surface area contributed by atoms with Crippen molar-refractivity contribution in [1.29, 1.82) is 0 Å². The number of ether oxygens (including phenoxy) is 2. The van der Waals surface area contributed by atoms with Crippen LogP contribution in [0.2, 0.25) is 0 Å². The molecule has 0 aromatic heterocycles. The maximum absolute atomic E-state index is 12.5. The van der Waals surface area contributed by atoms with Crippen molar-refractivity contribution in [3.63, 3.8) is 0 Å². The molecule has 0 bridgehead atoms. The molecule has 1 heterocycles. The lowest BCUT2D eigenvalue weighted by Crippen LogP contribution is -2.49. The molecule has 1 aliphatic heterocycles. The van der Waals surface area contributed by atoms with Crippen LogP contribution in [-0.2, 0) is 26.6 Å². The van der Waals surface area contributed by atoms with Gasteiger partial charge in [0.2, 0.25) is 0 Å². The quantitative estimate of drug-likeness (QED) is 0.446. The average molecular weight is 440 g/mol. The minimum absolute atomic E-state index is 0.220. The molecule has 0 radical (unpaired) electrons. The molecular weight excluding hydrogens is 402 g/mol. The second kappa shape index (κ2) is 11.1. The summed E-state index contributed by atoms with van der Waals surface area (Å²) in [5.41, 5.74) is -0.203. The summed E-state index contributed by atoms with van der Waals surface area (Å²) in [7, 11) is 0. The van der Waals surface area contributed by atoms with E-state index in [0.29, 0.717) is 6.42 Å². The van der Waals surface area contributed by atoms with Gasteiger partial charge in [-0.05, 0) is 64.7 Å². The Morgan fingerprint density at radius 2 is 1.83 bits per heavy atom. The zero-order valence-electron chi connectivity index (χ0n) is 19.1. The highest BCUT2D eigenvalue weighted by Gasteiger charge is 2.48. The van der Waals surface area contributed by atoms with Crippen LogP contribution >= 0.6 is 0 Å². The third-order valence-corrected chi connectivity index (χ3v) is 6.27. The van der Waals surface area contributed by atoms with Crippen molar-refractivity contribution >= 4 is 17.4 Å². The molecule has 6 nitrogen and oxygen atoms in total. The maximum Gasteiger partial charge on any atom is 0.424 e. The van der Waals surface area contributed by atoms with Gasteiger partial charge in [-0.2, -0.15) is 4.31 Å². The Labute approximate surface area is 184 Å². The van der Waals surface area contributed by atoms with E-state index in [9.17, 15) is 9.00 Å². The van der Waals surface area contributed by atoms with E-state index >= 15 is 0 Å². The highest BCUT2D eigenvalue weighted by Crippen LogP contribution is 2.32. The van der Waals surface area contributed by atoms with Crippen LogP contribution in [0, 0.1) is 0 Å². The number of rotatable bonds is 10. The molecule has 1 aromatic carbocycles. The Bertz CT molecular complexity index is 701. The molecule has 0 aliphatic carbocycles. The zero-order chi connectivity index (χ0) is 22.2. The second-order valence-electron chi connectivity index (χ2n) is 9.16. The average Bonchev–Trinajstić information content (AvgIpc) is 2.97. The molecule has 0 N–H and O–H groups in total. The van der Waals surface area contributed by atoms with Crippen molar-refractivity contribution in [3.05, 3.63) is 29.8 Å². The molecule has 1 amide bonds. The third kappa shape index (κ3) is 7.58. The topological polar surface area (TPSA) is 65.1 Å². The van der Waals surface area contributed by atoms with Crippen LogP contribution in [-0.4, -0.2) is 39.0 Å². The van der Waals surface area contributed by atoms with Crippen molar-refractivity contribution in [3.8, 4) is 5.75 Å². The van der Waals surface area contributed by atoms with Gasteiger partial charge in [0.15, 0.2) is 0 Å². The predicted molar refractivity (Wildman–Crippen MR) is 120 cm³/mol. The van der Waals surface area contributed by atoms with Crippen molar-refractivity contribution in [2.24, 2.45) is 0 Å². The number of nitrogens with zero attached hydrogens (tertiary/aromatic N) is 1. The third-order valence-electron chi connectivity index (χ3n) is 5.06.